The fourth-order valence-electron chi connectivity index (χ4n) is 3.02. The van der Waals surface area contributed by atoms with E-state index in [0.29, 0.717) is 5.95 Å². The number of benzene rings is 2. The van der Waals surface area contributed by atoms with Crippen molar-refractivity contribution in [2.24, 2.45) is 5.92 Å². The molecule has 126 valence electrons. The van der Waals surface area contributed by atoms with Crippen LogP contribution in [-0.4, -0.2) is 28.3 Å². The first-order chi connectivity index (χ1) is 12.1. The van der Waals surface area contributed by atoms with Gasteiger partial charge in [-0.1, -0.05) is 24.3 Å². The summed E-state index contributed by atoms with van der Waals surface area (Å²) in [6.07, 6.45) is 0.0421. The van der Waals surface area contributed by atoms with Crippen LogP contribution < -0.4 is 10.2 Å². The Morgan fingerprint density at radius 3 is 2.76 bits per heavy atom. The van der Waals surface area contributed by atoms with Gasteiger partial charge in [0.05, 0.1) is 22.6 Å². The van der Waals surface area contributed by atoms with E-state index >= 15 is 0 Å². The van der Waals surface area contributed by atoms with Gasteiger partial charge in [-0.05, 0) is 24.3 Å². The summed E-state index contributed by atoms with van der Waals surface area (Å²) in [5.74, 6) is -1.28. The first-order valence-electron chi connectivity index (χ1n) is 7.92. The SMILES string of the molecule is O=C(Nc1nc2ccccc2[nH]1)[C@@H]1CC(=O)N(c2ccccc2F)C1. The van der Waals surface area contributed by atoms with E-state index in [9.17, 15) is 14.0 Å². The quantitative estimate of drug-likeness (QED) is 0.771. The smallest absolute Gasteiger partial charge is 0.232 e. The maximum atomic E-state index is 13.9. The lowest BCUT2D eigenvalue weighted by molar-refractivity contribution is -0.122. The minimum Gasteiger partial charge on any atom is -0.324 e. The predicted molar refractivity (Wildman–Crippen MR) is 91.6 cm³/mol. The highest BCUT2D eigenvalue weighted by Crippen LogP contribution is 2.28. The van der Waals surface area contributed by atoms with Crippen LogP contribution in [0, 0.1) is 11.7 Å². The Labute approximate surface area is 142 Å². The Bertz CT molecular complexity index is 935. The molecule has 4 rings (SSSR count). The number of hydrogen-bond donors (Lipinski definition) is 2. The molecule has 7 heteroatoms. The van der Waals surface area contributed by atoms with Gasteiger partial charge in [-0.2, -0.15) is 0 Å². The normalized spacial score (nSPS) is 17.2. The zero-order valence-corrected chi connectivity index (χ0v) is 13.2. The molecular formula is C18H15FN4O2. The molecule has 0 saturated carbocycles. The molecule has 1 aromatic heterocycles. The second-order valence-corrected chi connectivity index (χ2v) is 5.95. The van der Waals surface area contributed by atoms with Gasteiger partial charge >= 0.3 is 0 Å². The second kappa shape index (κ2) is 6.01. The van der Waals surface area contributed by atoms with Crippen LogP contribution in [0.5, 0.6) is 0 Å². The van der Waals surface area contributed by atoms with E-state index in [1.807, 2.05) is 24.3 Å². The third kappa shape index (κ3) is 2.84. The summed E-state index contributed by atoms with van der Waals surface area (Å²) in [6, 6.07) is 13.5. The van der Waals surface area contributed by atoms with Crippen molar-refractivity contribution in [1.29, 1.82) is 0 Å². The number of H-pyrrole nitrogens is 1. The average Bonchev–Trinajstić information content (AvgIpc) is 3.18. The van der Waals surface area contributed by atoms with E-state index in [1.54, 1.807) is 12.1 Å². The Balaban J connectivity index is 1.50. The van der Waals surface area contributed by atoms with Gasteiger partial charge in [-0.15, -0.1) is 0 Å². The van der Waals surface area contributed by atoms with Crippen LogP contribution in [0.2, 0.25) is 0 Å². The van der Waals surface area contributed by atoms with Gasteiger partial charge in [0, 0.05) is 13.0 Å². The monoisotopic (exact) mass is 338 g/mol. The van der Waals surface area contributed by atoms with E-state index in [2.05, 4.69) is 15.3 Å². The van der Waals surface area contributed by atoms with Crippen molar-refractivity contribution >= 4 is 34.5 Å². The van der Waals surface area contributed by atoms with Gasteiger partial charge in [-0.25, -0.2) is 9.37 Å². The fraction of sp³-hybridized carbons (Fsp3) is 0.167. The highest BCUT2D eigenvalue weighted by Gasteiger charge is 2.36. The van der Waals surface area contributed by atoms with E-state index in [0.717, 1.165) is 11.0 Å². The van der Waals surface area contributed by atoms with Crippen LogP contribution in [0.4, 0.5) is 16.0 Å². The van der Waals surface area contributed by atoms with Crippen molar-refractivity contribution in [3.05, 3.63) is 54.3 Å². The molecule has 2 aromatic carbocycles. The molecule has 3 aromatic rings. The molecule has 1 fully saturated rings. The maximum absolute atomic E-state index is 13.9. The second-order valence-electron chi connectivity index (χ2n) is 5.95. The minimum absolute atomic E-state index is 0.0421. The fourth-order valence-corrected chi connectivity index (χ4v) is 3.02. The molecule has 0 aliphatic carbocycles. The van der Waals surface area contributed by atoms with Crippen molar-refractivity contribution in [2.45, 2.75) is 6.42 Å². The number of aromatic amines is 1. The number of anilines is 2. The summed E-state index contributed by atoms with van der Waals surface area (Å²) in [4.78, 5) is 33.3. The maximum Gasteiger partial charge on any atom is 0.232 e. The van der Waals surface area contributed by atoms with E-state index in [-0.39, 0.29) is 30.5 Å². The predicted octanol–water partition coefficient (Wildman–Crippen LogP) is 2.69. The Morgan fingerprint density at radius 1 is 1.20 bits per heavy atom. The molecular weight excluding hydrogens is 323 g/mol. The van der Waals surface area contributed by atoms with Gasteiger partial charge in [0.1, 0.15) is 5.82 Å². The van der Waals surface area contributed by atoms with Crippen LogP contribution >= 0.6 is 0 Å². The molecule has 1 aliphatic heterocycles. The third-order valence-electron chi connectivity index (χ3n) is 4.27. The number of hydrogen-bond acceptors (Lipinski definition) is 3. The number of para-hydroxylation sites is 3. The standard InChI is InChI=1S/C18H15FN4O2/c19-12-5-1-4-8-15(12)23-10-11(9-16(23)24)17(25)22-18-20-13-6-2-3-7-14(13)21-18/h1-8,11H,9-10H2,(H2,20,21,22,25)/t11-/m1/s1. The van der Waals surface area contributed by atoms with Crippen LogP contribution in [-0.2, 0) is 9.59 Å². The Morgan fingerprint density at radius 2 is 1.96 bits per heavy atom. The van der Waals surface area contributed by atoms with E-state index < -0.39 is 11.7 Å². The molecule has 0 unspecified atom stereocenters. The summed E-state index contributed by atoms with van der Waals surface area (Å²) in [7, 11) is 0. The number of rotatable bonds is 3. The molecule has 1 aliphatic rings. The summed E-state index contributed by atoms with van der Waals surface area (Å²) in [5.41, 5.74) is 1.76. The van der Waals surface area contributed by atoms with Gasteiger partial charge in [-0.3, -0.25) is 14.9 Å². The zero-order chi connectivity index (χ0) is 17.4. The molecule has 2 N–H and O–H groups in total. The van der Waals surface area contributed by atoms with E-state index in [1.165, 1.54) is 17.0 Å². The molecule has 0 bridgehead atoms. The van der Waals surface area contributed by atoms with Crippen molar-refractivity contribution in [3.8, 4) is 0 Å². The number of fused-ring (bicyclic) bond motifs is 1. The summed E-state index contributed by atoms with van der Waals surface area (Å²) < 4.78 is 13.9. The number of nitrogens with zero attached hydrogens (tertiary/aromatic N) is 2. The molecule has 1 saturated heterocycles. The van der Waals surface area contributed by atoms with Crippen molar-refractivity contribution in [3.63, 3.8) is 0 Å². The number of carbonyl (C=O) groups is 2. The number of aromatic nitrogens is 2. The molecule has 25 heavy (non-hydrogen) atoms. The van der Waals surface area contributed by atoms with Crippen molar-refractivity contribution < 1.29 is 14.0 Å². The lowest BCUT2D eigenvalue weighted by Crippen LogP contribution is -2.28. The van der Waals surface area contributed by atoms with Gasteiger partial charge in [0.2, 0.25) is 17.8 Å². The number of nitrogens with one attached hydrogen (secondary N) is 2. The topological polar surface area (TPSA) is 78.1 Å². The average molecular weight is 338 g/mol. The van der Waals surface area contributed by atoms with Crippen LogP contribution in [0.3, 0.4) is 0 Å². The lowest BCUT2D eigenvalue weighted by atomic mass is 10.1. The first kappa shape index (κ1) is 15.3. The molecule has 2 amide bonds. The number of amides is 2. The zero-order valence-electron chi connectivity index (χ0n) is 13.2. The van der Waals surface area contributed by atoms with Crippen LogP contribution in [0.1, 0.15) is 6.42 Å². The van der Waals surface area contributed by atoms with Gasteiger partial charge in [0.25, 0.3) is 0 Å². The largest absolute Gasteiger partial charge is 0.324 e. The third-order valence-corrected chi connectivity index (χ3v) is 4.27. The summed E-state index contributed by atoms with van der Waals surface area (Å²) in [6.45, 7) is 0.145. The van der Waals surface area contributed by atoms with Gasteiger partial charge in [0.15, 0.2) is 0 Å². The van der Waals surface area contributed by atoms with Crippen molar-refractivity contribution in [1.82, 2.24) is 9.97 Å². The summed E-state index contributed by atoms with van der Waals surface area (Å²) in [5, 5.41) is 2.70. The molecule has 0 radical (unpaired) electrons. The Hall–Kier alpha value is -3.22. The van der Waals surface area contributed by atoms with Crippen LogP contribution in [0.15, 0.2) is 48.5 Å². The van der Waals surface area contributed by atoms with Crippen LogP contribution in [0.25, 0.3) is 11.0 Å². The molecule has 0 spiro atoms. The number of halogens is 1. The lowest BCUT2D eigenvalue weighted by Gasteiger charge is -2.17. The molecule has 6 nitrogen and oxygen atoms in total. The minimum atomic E-state index is -0.555. The number of imidazole rings is 1. The van der Waals surface area contributed by atoms with Gasteiger partial charge < -0.3 is 9.88 Å². The Kier molecular flexibility index (Phi) is 3.68. The van der Waals surface area contributed by atoms with Crippen molar-refractivity contribution in [2.75, 3.05) is 16.8 Å². The molecule has 1 atom stereocenters. The highest BCUT2D eigenvalue weighted by atomic mass is 19.1. The van der Waals surface area contributed by atoms with E-state index in [4.69, 9.17) is 0 Å². The highest BCUT2D eigenvalue weighted by molar-refractivity contribution is 6.03. The molecule has 2 heterocycles. The number of carbonyl (C=O) groups excluding carboxylic acids is 2. The summed E-state index contributed by atoms with van der Waals surface area (Å²) >= 11 is 0. The first-order valence-corrected chi connectivity index (χ1v) is 7.92.